The fraction of sp³-hybridized carbons (Fsp3) is 0.774. The lowest BCUT2D eigenvalue weighted by Gasteiger charge is -2.53. The Balaban J connectivity index is 1.32. The third-order valence-corrected chi connectivity index (χ3v) is 10.4. The molecule has 1 heterocycles. The van der Waals surface area contributed by atoms with Crippen LogP contribution in [0.15, 0.2) is 18.2 Å². The van der Waals surface area contributed by atoms with Crippen molar-refractivity contribution in [2.45, 2.75) is 109 Å². The summed E-state index contributed by atoms with van der Waals surface area (Å²) in [5, 5.41) is 15.7. The lowest BCUT2D eigenvalue weighted by molar-refractivity contribution is -0.111. The molecule has 1 saturated heterocycles. The summed E-state index contributed by atoms with van der Waals surface area (Å²) in [7, 11) is 1.74. The first-order valence-electron chi connectivity index (χ1n) is 14.6. The van der Waals surface area contributed by atoms with Crippen LogP contribution in [-0.2, 0) is 11.2 Å². The summed E-state index contributed by atoms with van der Waals surface area (Å²) in [4.78, 5) is 15.2. The monoisotopic (exact) mass is 512 g/mol. The predicted octanol–water partition coefficient (Wildman–Crippen LogP) is 5.66. The second-order valence-corrected chi connectivity index (χ2v) is 13.4. The molecular formula is C31H48N2O4. The number of hydrogen-bond donors (Lipinski definition) is 2. The minimum absolute atomic E-state index is 0.105. The van der Waals surface area contributed by atoms with E-state index in [0.717, 1.165) is 63.8 Å². The van der Waals surface area contributed by atoms with Gasteiger partial charge >= 0.3 is 6.09 Å². The van der Waals surface area contributed by atoms with Crippen LogP contribution in [0, 0.1) is 17.3 Å². The van der Waals surface area contributed by atoms with Crippen LogP contribution in [0.2, 0.25) is 0 Å². The van der Waals surface area contributed by atoms with E-state index in [1.165, 1.54) is 17.5 Å². The minimum Gasteiger partial charge on any atom is -0.497 e. The number of carbonyl (C=O) groups is 1. The summed E-state index contributed by atoms with van der Waals surface area (Å²) in [6.07, 6.45) is 8.66. The first kappa shape index (κ1) is 26.8. The molecule has 1 aliphatic heterocycles. The molecule has 0 unspecified atom stereocenters. The number of benzene rings is 1. The Bertz CT molecular complexity index is 984. The summed E-state index contributed by atoms with van der Waals surface area (Å²) in [6.45, 7) is 10.5. The number of fused-ring (bicyclic) bond motifs is 5. The highest BCUT2D eigenvalue weighted by atomic mass is 16.6. The molecule has 5 rings (SSSR count). The number of ether oxygens (including phenoxy) is 2. The highest BCUT2D eigenvalue weighted by Gasteiger charge is 2.61. The molecular weight excluding hydrogens is 464 g/mol. The van der Waals surface area contributed by atoms with Gasteiger partial charge in [-0.15, -0.1) is 0 Å². The molecule has 5 atom stereocenters. The van der Waals surface area contributed by atoms with Gasteiger partial charge in [0, 0.05) is 12.6 Å². The van der Waals surface area contributed by atoms with Gasteiger partial charge in [0.15, 0.2) is 0 Å². The summed E-state index contributed by atoms with van der Waals surface area (Å²) in [6, 6.07) is 6.82. The number of nitrogens with one attached hydrogen (secondary N) is 1. The quantitative estimate of drug-likeness (QED) is 0.533. The highest BCUT2D eigenvalue weighted by Crippen LogP contribution is 2.65. The second kappa shape index (κ2) is 10.1. The predicted molar refractivity (Wildman–Crippen MR) is 146 cm³/mol. The maximum atomic E-state index is 13.3. The van der Waals surface area contributed by atoms with Crippen molar-refractivity contribution in [2.24, 2.45) is 17.3 Å². The van der Waals surface area contributed by atoms with Gasteiger partial charge < -0.3 is 24.8 Å². The van der Waals surface area contributed by atoms with E-state index in [0.29, 0.717) is 30.7 Å². The molecule has 0 spiro atoms. The zero-order valence-electron chi connectivity index (χ0n) is 23.6. The molecule has 1 amide bonds. The van der Waals surface area contributed by atoms with Crippen LogP contribution in [0.5, 0.6) is 5.75 Å². The van der Waals surface area contributed by atoms with E-state index < -0.39 is 11.2 Å². The molecule has 37 heavy (non-hydrogen) atoms. The number of hydrogen-bond acceptors (Lipinski definition) is 5. The Morgan fingerprint density at radius 3 is 2.59 bits per heavy atom. The van der Waals surface area contributed by atoms with Gasteiger partial charge in [-0.2, -0.15) is 0 Å². The Hall–Kier alpha value is -1.79. The molecule has 2 saturated carbocycles. The van der Waals surface area contributed by atoms with Gasteiger partial charge in [0.25, 0.3) is 0 Å². The molecule has 6 heteroatoms. The van der Waals surface area contributed by atoms with Crippen LogP contribution in [0.25, 0.3) is 0 Å². The molecule has 1 aromatic rings. The zero-order chi connectivity index (χ0) is 26.4. The smallest absolute Gasteiger partial charge is 0.410 e. The molecule has 3 aliphatic carbocycles. The van der Waals surface area contributed by atoms with Gasteiger partial charge in [-0.3, -0.25) is 0 Å². The third kappa shape index (κ3) is 5.01. The average Bonchev–Trinajstić information content (AvgIpc) is 3.13. The topological polar surface area (TPSA) is 71.0 Å². The molecule has 6 nitrogen and oxygen atoms in total. The van der Waals surface area contributed by atoms with E-state index in [2.05, 4.69) is 30.4 Å². The van der Waals surface area contributed by atoms with Crippen molar-refractivity contribution in [1.29, 1.82) is 0 Å². The number of aliphatic hydroxyl groups is 1. The van der Waals surface area contributed by atoms with Crippen molar-refractivity contribution in [1.82, 2.24) is 10.2 Å². The van der Waals surface area contributed by atoms with Crippen LogP contribution in [-0.4, -0.2) is 60.1 Å². The van der Waals surface area contributed by atoms with Gasteiger partial charge in [-0.25, -0.2) is 4.79 Å². The van der Waals surface area contributed by atoms with Gasteiger partial charge in [0.05, 0.1) is 12.7 Å². The maximum absolute atomic E-state index is 13.3. The Labute approximate surface area is 223 Å². The van der Waals surface area contributed by atoms with Crippen molar-refractivity contribution >= 4 is 6.09 Å². The van der Waals surface area contributed by atoms with E-state index in [-0.39, 0.29) is 17.6 Å². The van der Waals surface area contributed by atoms with Crippen molar-refractivity contribution in [3.8, 4) is 5.75 Å². The van der Waals surface area contributed by atoms with Crippen LogP contribution in [0.1, 0.15) is 96.1 Å². The van der Waals surface area contributed by atoms with Gasteiger partial charge in [0.1, 0.15) is 11.4 Å². The van der Waals surface area contributed by atoms with Crippen molar-refractivity contribution < 1.29 is 19.4 Å². The average molecular weight is 513 g/mol. The zero-order valence-corrected chi connectivity index (χ0v) is 23.6. The van der Waals surface area contributed by atoms with Crippen LogP contribution < -0.4 is 10.1 Å². The van der Waals surface area contributed by atoms with Crippen molar-refractivity contribution in [3.05, 3.63) is 29.3 Å². The van der Waals surface area contributed by atoms with Crippen LogP contribution in [0.4, 0.5) is 4.79 Å². The molecule has 1 aromatic carbocycles. The molecule has 206 valence electrons. The number of carbonyl (C=O) groups excluding carboxylic acids is 1. The van der Waals surface area contributed by atoms with E-state index >= 15 is 0 Å². The Morgan fingerprint density at radius 2 is 1.89 bits per heavy atom. The van der Waals surface area contributed by atoms with Crippen LogP contribution in [0.3, 0.4) is 0 Å². The lowest BCUT2D eigenvalue weighted by Crippen LogP contribution is -2.54. The fourth-order valence-corrected chi connectivity index (χ4v) is 8.37. The fourth-order valence-electron chi connectivity index (χ4n) is 8.37. The summed E-state index contributed by atoms with van der Waals surface area (Å²) in [5.41, 5.74) is 1.59. The Kier molecular flexibility index (Phi) is 7.29. The molecule has 4 aliphatic rings. The van der Waals surface area contributed by atoms with Crippen molar-refractivity contribution in [3.63, 3.8) is 0 Å². The normalized spacial score (nSPS) is 33.7. The molecule has 3 fully saturated rings. The first-order valence-corrected chi connectivity index (χ1v) is 14.6. The van der Waals surface area contributed by atoms with Crippen LogP contribution >= 0.6 is 0 Å². The van der Waals surface area contributed by atoms with E-state index in [1.807, 2.05) is 25.7 Å². The van der Waals surface area contributed by atoms with Gasteiger partial charge in [-0.05, 0) is 138 Å². The Morgan fingerprint density at radius 1 is 1.14 bits per heavy atom. The molecule has 0 radical (unpaired) electrons. The summed E-state index contributed by atoms with van der Waals surface area (Å²) in [5.74, 6) is 2.69. The number of aryl methyl sites for hydroxylation is 1. The maximum Gasteiger partial charge on any atom is 0.410 e. The lowest BCUT2D eigenvalue weighted by atomic mass is 9.53. The number of nitrogens with zero attached hydrogens (tertiary/aromatic N) is 1. The third-order valence-electron chi connectivity index (χ3n) is 10.4. The standard InChI is InChI=1S/C31H48N2O4/c1-29(2,3)37-28(34)33(22-12-17-32-18-13-22)19-16-31(35)15-11-27-26-8-6-21-20-23(36-5)7-9-24(21)25(26)10-14-30(27,31)4/h7,9,20,22,25-27,32,35H,6,8,10-19H2,1-5H3/t25-,26-,27+,30+,31-/m1/s1. The first-order chi connectivity index (χ1) is 17.5. The number of amides is 1. The molecule has 2 N–H and O–H groups in total. The van der Waals surface area contributed by atoms with E-state index in [9.17, 15) is 9.90 Å². The summed E-state index contributed by atoms with van der Waals surface area (Å²) < 4.78 is 11.3. The highest BCUT2D eigenvalue weighted by molar-refractivity contribution is 5.68. The van der Waals surface area contributed by atoms with Gasteiger partial charge in [-0.1, -0.05) is 13.0 Å². The second-order valence-electron chi connectivity index (χ2n) is 13.4. The van der Waals surface area contributed by atoms with E-state index in [4.69, 9.17) is 9.47 Å². The SMILES string of the molecule is COc1ccc2c(c1)CC[C@@H]1[C@@H]2CC[C@@]2(C)[C@H]1CC[C@@]2(O)CCN(C(=O)OC(C)(C)C)C1CCNCC1. The molecule has 0 bridgehead atoms. The number of methoxy groups -OCH3 is 1. The number of rotatable bonds is 5. The van der Waals surface area contributed by atoms with Gasteiger partial charge in [0.2, 0.25) is 0 Å². The number of piperidine rings is 1. The largest absolute Gasteiger partial charge is 0.497 e. The van der Waals surface area contributed by atoms with Crippen molar-refractivity contribution in [2.75, 3.05) is 26.7 Å². The van der Waals surface area contributed by atoms with E-state index in [1.54, 1.807) is 7.11 Å². The molecule has 0 aromatic heterocycles. The minimum atomic E-state index is -0.740. The summed E-state index contributed by atoms with van der Waals surface area (Å²) >= 11 is 0.